The lowest BCUT2D eigenvalue weighted by atomic mass is 10.2. The second-order valence-corrected chi connectivity index (χ2v) is 6.05. The van der Waals surface area contributed by atoms with Crippen LogP contribution in [0.3, 0.4) is 0 Å². The van der Waals surface area contributed by atoms with Gasteiger partial charge in [0.05, 0.1) is 22.9 Å². The van der Waals surface area contributed by atoms with Crippen LogP contribution in [0.25, 0.3) is 0 Å². The molecule has 2 aromatic rings. The maximum atomic E-state index is 12.2. The molecular formula is C13H14N4O2S. The molecule has 0 radical (unpaired) electrons. The molecule has 0 fully saturated rings. The van der Waals surface area contributed by atoms with E-state index in [1.807, 2.05) is 6.07 Å². The van der Waals surface area contributed by atoms with E-state index in [0.29, 0.717) is 17.5 Å². The smallest absolute Gasteiger partial charge is 0.240 e. The summed E-state index contributed by atoms with van der Waals surface area (Å²) in [6, 6.07) is 6.55. The van der Waals surface area contributed by atoms with Crippen molar-refractivity contribution in [2.24, 2.45) is 0 Å². The number of nitrogens with zero attached hydrogens (tertiary/aromatic N) is 2. The summed E-state index contributed by atoms with van der Waals surface area (Å²) < 4.78 is 26.9. The Kier molecular flexibility index (Phi) is 4.17. The van der Waals surface area contributed by atoms with Gasteiger partial charge in [0.1, 0.15) is 0 Å². The molecule has 20 heavy (non-hydrogen) atoms. The molecule has 0 unspecified atom stereocenters. The summed E-state index contributed by atoms with van der Waals surface area (Å²) in [5, 5.41) is 8.84. The molecule has 0 amide bonds. The van der Waals surface area contributed by atoms with E-state index >= 15 is 0 Å². The van der Waals surface area contributed by atoms with Gasteiger partial charge < -0.3 is 4.98 Å². The van der Waals surface area contributed by atoms with Crippen molar-refractivity contribution < 1.29 is 8.42 Å². The number of sulfonamides is 1. The van der Waals surface area contributed by atoms with Gasteiger partial charge in [0.2, 0.25) is 10.0 Å². The highest BCUT2D eigenvalue weighted by Crippen LogP contribution is 2.16. The van der Waals surface area contributed by atoms with Crippen molar-refractivity contribution in [1.29, 1.82) is 5.26 Å². The summed E-state index contributed by atoms with van der Waals surface area (Å²) in [7, 11) is -3.61. The molecule has 0 bridgehead atoms. The summed E-state index contributed by atoms with van der Waals surface area (Å²) >= 11 is 0. The number of aromatic amines is 1. The van der Waals surface area contributed by atoms with Crippen LogP contribution in [0.15, 0.2) is 35.6 Å². The summed E-state index contributed by atoms with van der Waals surface area (Å²) in [5.74, 6) is 0. The fraction of sp³-hybridized carbons (Fsp3) is 0.231. The van der Waals surface area contributed by atoms with Crippen molar-refractivity contribution in [3.05, 3.63) is 47.5 Å². The molecule has 1 aromatic heterocycles. The molecule has 0 saturated carbocycles. The SMILES string of the molecule is Cc1ccc(C#N)cc1S(=O)(=O)NCCc1cnc[nH]1. The van der Waals surface area contributed by atoms with E-state index in [2.05, 4.69) is 14.7 Å². The fourth-order valence-corrected chi connectivity index (χ4v) is 3.08. The Morgan fingerprint density at radius 2 is 2.25 bits per heavy atom. The van der Waals surface area contributed by atoms with Crippen molar-refractivity contribution in [1.82, 2.24) is 14.7 Å². The van der Waals surface area contributed by atoms with Crippen LogP contribution in [0.2, 0.25) is 0 Å². The zero-order chi connectivity index (χ0) is 14.6. The third-order valence-electron chi connectivity index (χ3n) is 2.85. The van der Waals surface area contributed by atoms with Gasteiger partial charge in [-0.3, -0.25) is 0 Å². The molecular weight excluding hydrogens is 276 g/mol. The largest absolute Gasteiger partial charge is 0.348 e. The molecule has 1 heterocycles. The third kappa shape index (κ3) is 3.23. The highest BCUT2D eigenvalue weighted by Gasteiger charge is 2.16. The highest BCUT2D eigenvalue weighted by atomic mass is 32.2. The van der Waals surface area contributed by atoms with E-state index in [4.69, 9.17) is 5.26 Å². The average Bonchev–Trinajstić information content (AvgIpc) is 2.92. The first-order chi connectivity index (χ1) is 9.53. The van der Waals surface area contributed by atoms with Crippen molar-refractivity contribution in [2.45, 2.75) is 18.2 Å². The van der Waals surface area contributed by atoms with Crippen molar-refractivity contribution in [3.63, 3.8) is 0 Å². The first kappa shape index (κ1) is 14.2. The Bertz CT molecular complexity index is 730. The molecule has 0 aliphatic rings. The molecule has 0 saturated heterocycles. The predicted octanol–water partition coefficient (Wildman–Crippen LogP) is 1.11. The Hall–Kier alpha value is -2.17. The second kappa shape index (κ2) is 5.86. The molecule has 104 valence electrons. The van der Waals surface area contributed by atoms with Crippen LogP contribution in [-0.4, -0.2) is 24.9 Å². The van der Waals surface area contributed by atoms with Gasteiger partial charge in [-0.05, 0) is 24.6 Å². The lowest BCUT2D eigenvalue weighted by molar-refractivity contribution is 0.580. The number of rotatable bonds is 5. The second-order valence-electron chi connectivity index (χ2n) is 4.32. The number of imidazole rings is 1. The minimum absolute atomic E-state index is 0.140. The molecule has 0 aliphatic carbocycles. The van der Waals surface area contributed by atoms with E-state index in [9.17, 15) is 8.42 Å². The first-order valence-corrected chi connectivity index (χ1v) is 7.49. The summed E-state index contributed by atoms with van der Waals surface area (Å²) in [6.07, 6.45) is 3.72. The zero-order valence-electron chi connectivity index (χ0n) is 10.9. The van der Waals surface area contributed by atoms with E-state index in [1.54, 1.807) is 31.6 Å². The first-order valence-electron chi connectivity index (χ1n) is 6.00. The monoisotopic (exact) mass is 290 g/mol. The normalized spacial score (nSPS) is 11.2. The van der Waals surface area contributed by atoms with Gasteiger partial charge in [-0.1, -0.05) is 6.07 Å². The molecule has 2 N–H and O–H groups in total. The van der Waals surface area contributed by atoms with Gasteiger partial charge in [0.15, 0.2) is 0 Å². The van der Waals surface area contributed by atoms with Gasteiger partial charge in [-0.2, -0.15) is 5.26 Å². The van der Waals surface area contributed by atoms with Gasteiger partial charge in [0.25, 0.3) is 0 Å². The third-order valence-corrected chi connectivity index (χ3v) is 4.45. The number of benzene rings is 1. The van der Waals surface area contributed by atoms with Crippen LogP contribution in [0, 0.1) is 18.3 Å². The molecule has 6 nitrogen and oxygen atoms in total. The number of nitrogens with one attached hydrogen (secondary N) is 2. The standard InChI is InChI=1S/C13H14N4O2S/c1-10-2-3-11(7-14)6-13(10)20(18,19)17-5-4-12-8-15-9-16-12/h2-3,6,8-9,17H,4-5H2,1H3,(H,15,16). The van der Waals surface area contributed by atoms with Crippen LogP contribution >= 0.6 is 0 Å². The van der Waals surface area contributed by atoms with Crippen LogP contribution in [0.4, 0.5) is 0 Å². The van der Waals surface area contributed by atoms with E-state index in [-0.39, 0.29) is 11.4 Å². The maximum absolute atomic E-state index is 12.2. The van der Waals surface area contributed by atoms with E-state index in [0.717, 1.165) is 5.69 Å². The Morgan fingerprint density at radius 1 is 1.45 bits per heavy atom. The number of aromatic nitrogens is 2. The summed E-state index contributed by atoms with van der Waals surface area (Å²) in [4.78, 5) is 6.91. The van der Waals surface area contributed by atoms with Crippen molar-refractivity contribution in [3.8, 4) is 6.07 Å². The number of nitriles is 1. The van der Waals surface area contributed by atoms with Crippen LogP contribution in [0.5, 0.6) is 0 Å². The summed E-state index contributed by atoms with van der Waals surface area (Å²) in [6.45, 7) is 1.96. The van der Waals surface area contributed by atoms with Crippen LogP contribution in [-0.2, 0) is 16.4 Å². The predicted molar refractivity (Wildman–Crippen MR) is 73.4 cm³/mol. The van der Waals surface area contributed by atoms with Crippen molar-refractivity contribution in [2.75, 3.05) is 6.54 Å². The van der Waals surface area contributed by atoms with Gasteiger partial charge in [0, 0.05) is 24.9 Å². The number of aryl methyl sites for hydroxylation is 1. The quantitative estimate of drug-likeness (QED) is 0.861. The number of H-pyrrole nitrogens is 1. The molecule has 0 spiro atoms. The van der Waals surface area contributed by atoms with Gasteiger partial charge in [-0.25, -0.2) is 18.1 Å². The van der Waals surface area contributed by atoms with Gasteiger partial charge >= 0.3 is 0 Å². The van der Waals surface area contributed by atoms with Crippen LogP contribution < -0.4 is 4.72 Å². The van der Waals surface area contributed by atoms with Crippen molar-refractivity contribution >= 4 is 10.0 Å². The van der Waals surface area contributed by atoms with E-state index in [1.165, 1.54) is 6.07 Å². The topological polar surface area (TPSA) is 98.6 Å². The minimum atomic E-state index is -3.61. The van der Waals surface area contributed by atoms with Gasteiger partial charge in [-0.15, -0.1) is 0 Å². The summed E-state index contributed by atoms with van der Waals surface area (Å²) in [5.41, 5.74) is 1.79. The Balaban J connectivity index is 2.12. The van der Waals surface area contributed by atoms with Crippen LogP contribution in [0.1, 0.15) is 16.8 Å². The molecule has 7 heteroatoms. The number of hydrogen-bond acceptors (Lipinski definition) is 4. The Morgan fingerprint density at radius 3 is 2.90 bits per heavy atom. The lowest BCUT2D eigenvalue weighted by Crippen LogP contribution is -2.26. The highest BCUT2D eigenvalue weighted by molar-refractivity contribution is 7.89. The van der Waals surface area contributed by atoms with E-state index < -0.39 is 10.0 Å². The minimum Gasteiger partial charge on any atom is -0.348 e. The molecule has 0 aliphatic heterocycles. The lowest BCUT2D eigenvalue weighted by Gasteiger charge is -2.09. The number of hydrogen-bond donors (Lipinski definition) is 2. The fourth-order valence-electron chi connectivity index (χ4n) is 1.78. The Labute approximate surface area is 117 Å². The maximum Gasteiger partial charge on any atom is 0.240 e. The molecule has 0 atom stereocenters. The average molecular weight is 290 g/mol. The molecule has 1 aromatic carbocycles. The zero-order valence-corrected chi connectivity index (χ0v) is 11.7. The molecule has 2 rings (SSSR count).